The zero-order chi connectivity index (χ0) is 72.8. The lowest BCUT2D eigenvalue weighted by Gasteiger charge is -2.06. The van der Waals surface area contributed by atoms with E-state index in [1.165, 1.54) is 69.4 Å². The van der Waals surface area contributed by atoms with Gasteiger partial charge in [-0.3, -0.25) is 53.9 Å². The number of nitrogens with one attached hydrogen (secondary N) is 5. The Hall–Kier alpha value is -11.8. The Bertz CT molecular complexity index is 5750. The zero-order valence-corrected chi connectivity index (χ0v) is 58.2. The lowest BCUT2D eigenvalue weighted by atomic mass is 10.1. The number of aromatic nitrogens is 15. The maximum atomic E-state index is 14.5. The number of carboxylic acid groups (broad SMARTS) is 1. The lowest BCUT2D eigenvalue weighted by Crippen LogP contribution is -2.23. The predicted octanol–water partition coefficient (Wildman–Crippen LogP) is 14.1. The predicted molar refractivity (Wildman–Crippen MR) is 386 cm³/mol. The quantitative estimate of drug-likeness (QED) is 0.0532. The van der Waals surface area contributed by atoms with Crippen molar-refractivity contribution in [2.24, 2.45) is 5.73 Å². The van der Waals surface area contributed by atoms with Crippen molar-refractivity contribution in [3.05, 3.63) is 262 Å². The van der Waals surface area contributed by atoms with Crippen molar-refractivity contribution >= 4 is 165 Å². The van der Waals surface area contributed by atoms with Crippen LogP contribution in [0.5, 0.6) is 0 Å². The van der Waals surface area contributed by atoms with Gasteiger partial charge in [0, 0.05) is 91.1 Å². The molecule has 104 heavy (non-hydrogen) atoms. The standard InChI is InChI=1S/2C23H14Cl2FN7O.C15H8ClFN4O2.C8H8ClN3.ClH/c2*24-14-1-2-19-16(6-14)21(31-30-19)9-29-23(34)17-11-33(32-20(17)7-27)10-12-3-13-5-15(25)8-28-22(13)18(26)4-12;16-10-3-9-1-8(2-12(17)14(9)19-5-10)6-21-7-11(15(22)23)13(4-18)20-21;9-5-1-2-7-6(3-5)8(4-10)12-11-7;/h2*1-6,8,11H,9-10H2,(H,29,34)(H,30,31);1-3,5,7H,6H2,(H,22,23);1-3H,4,10H2,(H,11,12);1H. The van der Waals surface area contributed by atoms with Crippen LogP contribution in [0.1, 0.15) is 81.9 Å². The Kier molecular flexibility index (Phi) is 22.7. The third kappa shape index (κ3) is 16.7. The van der Waals surface area contributed by atoms with Gasteiger partial charge in [0.2, 0.25) is 0 Å². The minimum atomic E-state index is -1.24. The normalized spacial score (nSPS) is 10.9. The molecule has 15 rings (SSSR count). The van der Waals surface area contributed by atoms with E-state index in [1.807, 2.05) is 30.3 Å². The van der Waals surface area contributed by atoms with E-state index in [4.69, 9.17) is 85.7 Å². The molecular formula is C69H45Cl7F3N21O4. The molecule has 0 fully saturated rings. The third-order valence-corrected chi connectivity index (χ3v) is 16.8. The topological polar surface area (TPSA) is 371 Å². The molecule has 0 saturated carbocycles. The summed E-state index contributed by atoms with van der Waals surface area (Å²) in [5, 5.41) is 82.8. The number of rotatable bonds is 14. The number of aromatic carboxylic acids is 1. The first-order valence-corrected chi connectivity index (χ1v) is 32.4. The smallest absolute Gasteiger partial charge is 0.340 e. The number of hydrogen-bond acceptors (Lipinski definition) is 16. The maximum absolute atomic E-state index is 14.5. The zero-order valence-electron chi connectivity index (χ0n) is 52.9. The number of benzene rings is 6. The van der Waals surface area contributed by atoms with Crippen LogP contribution in [0.25, 0.3) is 65.4 Å². The molecule has 0 aliphatic heterocycles. The summed E-state index contributed by atoms with van der Waals surface area (Å²) in [7, 11) is 0. The molecule has 9 aromatic heterocycles. The van der Waals surface area contributed by atoms with Crippen molar-refractivity contribution in [1.82, 2.24) is 85.5 Å². The Balaban J connectivity index is 0.000000146. The number of carboxylic acids is 1. The van der Waals surface area contributed by atoms with Crippen molar-refractivity contribution in [2.45, 2.75) is 39.3 Å². The summed E-state index contributed by atoms with van der Waals surface area (Å²) in [4.78, 5) is 48.6. The molecule has 6 aromatic carbocycles. The van der Waals surface area contributed by atoms with Gasteiger partial charge in [-0.25, -0.2) is 18.0 Å². The molecule has 0 aliphatic carbocycles. The Labute approximate surface area is 619 Å². The molecule has 15 aromatic rings. The van der Waals surface area contributed by atoms with Crippen LogP contribution in [-0.4, -0.2) is 97.8 Å². The first-order valence-electron chi connectivity index (χ1n) is 30.1. The molecule has 8 N–H and O–H groups in total. The summed E-state index contributed by atoms with van der Waals surface area (Å²) in [5.74, 6) is -3.71. The monoisotopic (exact) mass is 1530 g/mol. The third-order valence-electron chi connectivity index (χ3n) is 15.5. The number of H-pyrrole nitrogens is 3. The van der Waals surface area contributed by atoms with Gasteiger partial charge < -0.3 is 21.5 Å². The molecule has 520 valence electrons. The number of pyridine rings is 3. The van der Waals surface area contributed by atoms with Crippen LogP contribution in [0.15, 0.2) is 146 Å². The number of carbonyl (C=O) groups excluding carboxylic acids is 2. The molecule has 0 unspecified atom stereocenters. The fourth-order valence-corrected chi connectivity index (χ4v) is 11.9. The fraction of sp³-hybridized carbons (Fsp3) is 0.0870. The van der Waals surface area contributed by atoms with Crippen molar-refractivity contribution in [2.75, 3.05) is 0 Å². The molecule has 25 nitrogen and oxygen atoms in total. The molecule has 0 spiro atoms. The summed E-state index contributed by atoms with van der Waals surface area (Å²) < 4.78 is 47.1. The summed E-state index contributed by atoms with van der Waals surface area (Å²) in [6, 6.07) is 35.6. The number of halogens is 10. The van der Waals surface area contributed by atoms with E-state index in [0.717, 1.165) is 38.4 Å². The molecule has 0 bridgehead atoms. The second-order valence-electron chi connectivity index (χ2n) is 22.5. The van der Waals surface area contributed by atoms with Crippen molar-refractivity contribution < 1.29 is 32.7 Å². The van der Waals surface area contributed by atoms with Crippen LogP contribution in [0.4, 0.5) is 13.2 Å². The highest BCUT2D eigenvalue weighted by atomic mass is 35.5. The van der Waals surface area contributed by atoms with Crippen molar-refractivity contribution in [1.29, 1.82) is 15.8 Å². The van der Waals surface area contributed by atoms with Crippen LogP contribution < -0.4 is 16.4 Å². The number of fused-ring (bicyclic) bond motifs is 6. The molecular weight excluding hydrogens is 1490 g/mol. The first-order chi connectivity index (χ1) is 49.6. The number of nitrogens with zero attached hydrogens (tertiary/aromatic N) is 15. The van der Waals surface area contributed by atoms with E-state index in [0.29, 0.717) is 80.9 Å². The average Bonchev–Trinajstić information content (AvgIpc) is 1.66. The van der Waals surface area contributed by atoms with Crippen molar-refractivity contribution in [3.8, 4) is 18.2 Å². The van der Waals surface area contributed by atoms with Crippen LogP contribution in [0.2, 0.25) is 30.1 Å². The minimum Gasteiger partial charge on any atom is -0.478 e. The Morgan fingerprint density at radius 3 is 1.10 bits per heavy atom. The average molecular weight is 1540 g/mol. The van der Waals surface area contributed by atoms with Gasteiger partial charge in [0.1, 0.15) is 57.8 Å². The van der Waals surface area contributed by atoms with Gasteiger partial charge in [-0.05, 0) is 126 Å². The van der Waals surface area contributed by atoms with Gasteiger partial charge in [-0.1, -0.05) is 69.6 Å². The summed E-state index contributed by atoms with van der Waals surface area (Å²) >= 11 is 35.7. The van der Waals surface area contributed by atoms with E-state index in [-0.39, 0.29) is 95.5 Å². The van der Waals surface area contributed by atoms with Crippen LogP contribution in [-0.2, 0) is 39.3 Å². The van der Waals surface area contributed by atoms with Crippen LogP contribution in [0.3, 0.4) is 0 Å². The number of aromatic amines is 3. The lowest BCUT2D eigenvalue weighted by molar-refractivity contribution is 0.0695. The fourth-order valence-electron chi connectivity index (χ4n) is 10.8. The van der Waals surface area contributed by atoms with Gasteiger partial charge >= 0.3 is 5.97 Å². The van der Waals surface area contributed by atoms with Crippen LogP contribution in [0, 0.1) is 51.4 Å². The number of nitrogens with two attached hydrogens (primary N) is 1. The maximum Gasteiger partial charge on any atom is 0.340 e. The Morgan fingerprint density at radius 1 is 0.462 bits per heavy atom. The number of amides is 2. The molecule has 0 aliphatic rings. The highest BCUT2D eigenvalue weighted by molar-refractivity contribution is 6.33. The highest BCUT2D eigenvalue weighted by Gasteiger charge is 2.22. The number of nitriles is 3. The van der Waals surface area contributed by atoms with E-state index in [9.17, 15) is 38.1 Å². The minimum absolute atomic E-state index is 0. The SMILES string of the molecule is Cl.N#Cc1nn(Cc2cc(F)c3ncc(Cl)cc3c2)cc1C(=O)NCc1[nH]nc2ccc(Cl)cc12.N#Cc1nn(Cc2cc(F)c3ncc(Cl)cc3c2)cc1C(=O)NCc1[nH]nc2ccc(Cl)cc12.N#Cc1nn(Cc2cc(F)c3ncc(Cl)cc3c2)cc1C(=O)O.NCc1[nH]nc2ccc(Cl)cc12. The first kappa shape index (κ1) is 73.5. The van der Waals surface area contributed by atoms with Gasteiger partial charge in [0.15, 0.2) is 17.1 Å². The second-order valence-corrected chi connectivity index (χ2v) is 25.1. The molecule has 0 saturated heterocycles. The van der Waals surface area contributed by atoms with Crippen LogP contribution >= 0.6 is 82.0 Å². The van der Waals surface area contributed by atoms with Gasteiger partial charge in [-0.2, -0.15) is 46.4 Å². The summed E-state index contributed by atoms with van der Waals surface area (Å²) in [5.41, 5.74) is 12.2. The molecule has 35 heteroatoms. The molecule has 9 heterocycles. The van der Waals surface area contributed by atoms with E-state index < -0.39 is 35.2 Å². The van der Waals surface area contributed by atoms with E-state index >= 15 is 0 Å². The number of hydrogen-bond donors (Lipinski definition) is 7. The highest BCUT2D eigenvalue weighted by Crippen LogP contribution is 2.28. The second kappa shape index (κ2) is 32.1. The Morgan fingerprint density at radius 2 is 0.779 bits per heavy atom. The molecule has 0 radical (unpaired) electrons. The van der Waals surface area contributed by atoms with Gasteiger partial charge in [-0.15, -0.1) is 12.4 Å². The van der Waals surface area contributed by atoms with Crippen molar-refractivity contribution in [3.63, 3.8) is 0 Å². The summed E-state index contributed by atoms with van der Waals surface area (Å²) in [6.45, 7) is 1.15. The molecule has 0 atom stereocenters. The van der Waals surface area contributed by atoms with Gasteiger partial charge in [0.25, 0.3) is 11.8 Å². The summed E-state index contributed by atoms with van der Waals surface area (Å²) in [6.07, 6.45) is 8.26. The largest absolute Gasteiger partial charge is 0.478 e. The van der Waals surface area contributed by atoms with E-state index in [2.05, 4.69) is 71.5 Å². The molecule has 2 amide bonds. The van der Waals surface area contributed by atoms with E-state index in [1.54, 1.807) is 78.9 Å². The number of carbonyl (C=O) groups is 3. The van der Waals surface area contributed by atoms with Gasteiger partial charge in [0.05, 0.1) is 92.6 Å².